The Morgan fingerprint density at radius 1 is 1.42 bits per heavy atom. The molecule has 1 N–H and O–H groups in total. The van der Waals surface area contributed by atoms with Crippen LogP contribution < -0.4 is 5.32 Å². The van der Waals surface area contributed by atoms with Crippen molar-refractivity contribution < 1.29 is 19.1 Å². The Bertz CT molecular complexity index is 345. The van der Waals surface area contributed by atoms with Gasteiger partial charge in [0.2, 0.25) is 0 Å². The van der Waals surface area contributed by atoms with Crippen molar-refractivity contribution in [2.24, 2.45) is 4.99 Å². The van der Waals surface area contributed by atoms with Crippen LogP contribution in [0.2, 0.25) is 0 Å². The number of esters is 1. The van der Waals surface area contributed by atoms with Gasteiger partial charge in [0.15, 0.2) is 0 Å². The smallest absolute Gasteiger partial charge is 0.407 e. The van der Waals surface area contributed by atoms with Crippen LogP contribution in [0, 0.1) is 0 Å². The third kappa shape index (κ3) is 9.82. The lowest BCUT2D eigenvalue weighted by Gasteiger charge is -2.21. The van der Waals surface area contributed by atoms with Gasteiger partial charge in [-0.2, -0.15) is 0 Å². The van der Waals surface area contributed by atoms with Crippen molar-refractivity contribution in [3.63, 3.8) is 0 Å². The number of hydrogen-bond donors (Lipinski definition) is 1. The molecule has 19 heavy (non-hydrogen) atoms. The summed E-state index contributed by atoms with van der Waals surface area (Å²) in [6.45, 7) is 8.87. The molecule has 1 atom stereocenters. The Morgan fingerprint density at radius 3 is 2.53 bits per heavy atom. The maximum atomic E-state index is 11.6. The lowest BCUT2D eigenvalue weighted by atomic mass is 10.2. The van der Waals surface area contributed by atoms with E-state index >= 15 is 0 Å². The van der Waals surface area contributed by atoms with Gasteiger partial charge in [0.05, 0.1) is 12.5 Å². The molecule has 0 radical (unpaired) electrons. The first-order valence-electron chi connectivity index (χ1n) is 5.97. The van der Waals surface area contributed by atoms with Crippen molar-refractivity contribution in [3.05, 3.63) is 12.7 Å². The maximum Gasteiger partial charge on any atom is 0.407 e. The molecule has 0 aliphatic heterocycles. The SMILES string of the molecule is C=CCOC(=O)N[C@H](C=NC)CC(=O)OC(C)(C)C. The van der Waals surface area contributed by atoms with Crippen LogP contribution in [-0.2, 0) is 14.3 Å². The third-order valence-electron chi connectivity index (χ3n) is 1.77. The number of carbonyl (C=O) groups excluding carboxylic acids is 2. The highest BCUT2D eigenvalue weighted by molar-refractivity contribution is 5.81. The summed E-state index contributed by atoms with van der Waals surface area (Å²) < 4.78 is 9.94. The predicted octanol–water partition coefficient (Wildman–Crippen LogP) is 1.70. The topological polar surface area (TPSA) is 77.0 Å². The summed E-state index contributed by atoms with van der Waals surface area (Å²) in [4.78, 5) is 26.8. The zero-order valence-corrected chi connectivity index (χ0v) is 11.9. The number of nitrogens with zero attached hydrogens (tertiary/aromatic N) is 1. The highest BCUT2D eigenvalue weighted by Gasteiger charge is 2.21. The molecule has 0 aromatic carbocycles. The van der Waals surface area contributed by atoms with E-state index in [1.54, 1.807) is 27.8 Å². The molecule has 0 aliphatic carbocycles. The first-order chi connectivity index (χ1) is 8.78. The average molecular weight is 270 g/mol. The van der Waals surface area contributed by atoms with Crippen LogP contribution in [0.25, 0.3) is 0 Å². The van der Waals surface area contributed by atoms with Gasteiger partial charge >= 0.3 is 12.1 Å². The molecule has 0 heterocycles. The minimum Gasteiger partial charge on any atom is -0.460 e. The second-order valence-electron chi connectivity index (χ2n) is 4.84. The summed E-state index contributed by atoms with van der Waals surface area (Å²) in [6, 6.07) is -0.558. The van der Waals surface area contributed by atoms with Gasteiger partial charge in [0.1, 0.15) is 12.2 Å². The average Bonchev–Trinajstić information content (AvgIpc) is 2.23. The molecule has 0 aromatic rings. The van der Waals surface area contributed by atoms with Crippen LogP contribution in [-0.4, -0.2) is 43.6 Å². The van der Waals surface area contributed by atoms with Gasteiger partial charge in [-0.25, -0.2) is 4.79 Å². The number of alkyl carbamates (subject to hydrolysis) is 1. The van der Waals surface area contributed by atoms with E-state index in [4.69, 9.17) is 9.47 Å². The largest absolute Gasteiger partial charge is 0.460 e. The minimum absolute atomic E-state index is 0.00218. The number of rotatable bonds is 6. The van der Waals surface area contributed by atoms with Crippen molar-refractivity contribution >= 4 is 18.3 Å². The van der Waals surface area contributed by atoms with E-state index in [9.17, 15) is 9.59 Å². The first kappa shape index (κ1) is 17.2. The molecule has 0 unspecified atom stereocenters. The Morgan fingerprint density at radius 2 is 2.05 bits per heavy atom. The molecular weight excluding hydrogens is 248 g/mol. The minimum atomic E-state index is -0.631. The molecule has 0 bridgehead atoms. The zero-order valence-electron chi connectivity index (χ0n) is 11.9. The van der Waals surface area contributed by atoms with Crippen LogP contribution in [0.15, 0.2) is 17.6 Å². The number of amides is 1. The van der Waals surface area contributed by atoms with E-state index in [1.807, 2.05) is 0 Å². The molecule has 0 saturated carbocycles. The highest BCUT2D eigenvalue weighted by atomic mass is 16.6. The third-order valence-corrected chi connectivity index (χ3v) is 1.77. The van der Waals surface area contributed by atoms with Crippen molar-refractivity contribution in [2.75, 3.05) is 13.7 Å². The molecule has 1 amide bonds. The molecule has 0 fully saturated rings. The standard InChI is InChI=1S/C13H22N2O4/c1-6-7-18-12(17)15-10(9-14-5)8-11(16)19-13(2,3)4/h6,9-10H,1,7-8H2,2-5H3,(H,15,17)/t10-/m0/s1. The Kier molecular flexibility index (Phi) is 7.48. The number of ether oxygens (including phenoxy) is 2. The summed E-state index contributed by atoms with van der Waals surface area (Å²) in [6.07, 6.45) is 2.28. The van der Waals surface area contributed by atoms with Gasteiger partial charge in [0.25, 0.3) is 0 Å². The fourth-order valence-corrected chi connectivity index (χ4v) is 1.21. The zero-order chi connectivity index (χ0) is 14.9. The quantitative estimate of drug-likeness (QED) is 0.453. The molecular formula is C13H22N2O4. The van der Waals surface area contributed by atoms with E-state index in [-0.39, 0.29) is 13.0 Å². The number of carbonyl (C=O) groups is 2. The Balaban J connectivity index is 4.37. The van der Waals surface area contributed by atoms with E-state index in [0.717, 1.165) is 0 Å². The molecule has 0 aromatic heterocycles. The number of nitrogens with one attached hydrogen (secondary N) is 1. The summed E-state index contributed by atoms with van der Waals surface area (Å²) >= 11 is 0. The predicted molar refractivity (Wildman–Crippen MR) is 73.3 cm³/mol. The molecule has 108 valence electrons. The van der Waals surface area contributed by atoms with Crippen LogP contribution in [0.5, 0.6) is 0 Å². The molecule has 6 heteroatoms. The second kappa shape index (κ2) is 8.29. The van der Waals surface area contributed by atoms with E-state index in [2.05, 4.69) is 16.9 Å². The maximum absolute atomic E-state index is 11.6. The summed E-state index contributed by atoms with van der Waals surface area (Å²) in [5, 5.41) is 2.51. The lowest BCUT2D eigenvalue weighted by Crippen LogP contribution is -2.39. The molecule has 0 saturated heterocycles. The van der Waals surface area contributed by atoms with Gasteiger partial charge in [-0.15, -0.1) is 0 Å². The van der Waals surface area contributed by atoms with Crippen LogP contribution in [0.3, 0.4) is 0 Å². The van der Waals surface area contributed by atoms with Crippen molar-refractivity contribution in [3.8, 4) is 0 Å². The first-order valence-corrected chi connectivity index (χ1v) is 5.97. The molecule has 0 rings (SSSR count). The van der Waals surface area contributed by atoms with Crippen LogP contribution in [0.1, 0.15) is 27.2 Å². The van der Waals surface area contributed by atoms with Gasteiger partial charge in [-0.1, -0.05) is 12.7 Å². The fourth-order valence-electron chi connectivity index (χ4n) is 1.21. The van der Waals surface area contributed by atoms with Gasteiger partial charge in [0, 0.05) is 13.3 Å². The van der Waals surface area contributed by atoms with Crippen LogP contribution >= 0.6 is 0 Å². The molecule has 0 aliphatic rings. The normalized spacial score (nSPS) is 12.8. The van der Waals surface area contributed by atoms with E-state index < -0.39 is 23.7 Å². The highest BCUT2D eigenvalue weighted by Crippen LogP contribution is 2.09. The van der Waals surface area contributed by atoms with Crippen molar-refractivity contribution in [1.29, 1.82) is 0 Å². The van der Waals surface area contributed by atoms with Gasteiger partial charge in [-0.05, 0) is 20.8 Å². The van der Waals surface area contributed by atoms with Crippen molar-refractivity contribution in [2.45, 2.75) is 38.8 Å². The fraction of sp³-hybridized carbons (Fsp3) is 0.615. The van der Waals surface area contributed by atoms with E-state index in [0.29, 0.717) is 0 Å². The summed E-state index contributed by atoms with van der Waals surface area (Å²) in [5.41, 5.74) is -0.561. The Labute approximate surface area is 113 Å². The van der Waals surface area contributed by atoms with E-state index in [1.165, 1.54) is 12.3 Å². The van der Waals surface area contributed by atoms with Crippen molar-refractivity contribution in [1.82, 2.24) is 5.32 Å². The number of aliphatic imine (C=N–C) groups is 1. The summed E-state index contributed by atoms with van der Waals surface area (Å²) in [7, 11) is 1.55. The molecule has 0 spiro atoms. The number of hydrogen-bond acceptors (Lipinski definition) is 5. The second-order valence-corrected chi connectivity index (χ2v) is 4.84. The summed E-state index contributed by atoms with van der Waals surface area (Å²) in [5.74, 6) is -0.415. The Hall–Kier alpha value is -1.85. The van der Waals surface area contributed by atoms with Gasteiger partial charge < -0.3 is 14.8 Å². The van der Waals surface area contributed by atoms with Crippen LogP contribution in [0.4, 0.5) is 4.79 Å². The lowest BCUT2D eigenvalue weighted by molar-refractivity contribution is -0.154. The van der Waals surface area contributed by atoms with Gasteiger partial charge in [-0.3, -0.25) is 9.79 Å². The monoisotopic (exact) mass is 270 g/mol. The molecule has 6 nitrogen and oxygen atoms in total.